The molecule has 4 rings (SSSR count). The van der Waals surface area contributed by atoms with E-state index in [0.29, 0.717) is 23.4 Å². The summed E-state index contributed by atoms with van der Waals surface area (Å²) in [5.74, 6) is 1.48. The van der Waals surface area contributed by atoms with Crippen LogP contribution in [0.25, 0.3) is 11.3 Å². The van der Waals surface area contributed by atoms with E-state index in [-0.39, 0.29) is 11.3 Å². The van der Waals surface area contributed by atoms with E-state index >= 15 is 0 Å². The molecule has 0 unspecified atom stereocenters. The van der Waals surface area contributed by atoms with Crippen molar-refractivity contribution >= 4 is 22.4 Å². The van der Waals surface area contributed by atoms with E-state index in [1.807, 2.05) is 11.4 Å². The number of benzene rings is 1. The van der Waals surface area contributed by atoms with E-state index in [9.17, 15) is 4.79 Å². The van der Waals surface area contributed by atoms with E-state index in [0.717, 1.165) is 42.9 Å². The smallest absolute Gasteiger partial charge is 0.226 e. The summed E-state index contributed by atoms with van der Waals surface area (Å²) < 4.78 is 5.65. The third kappa shape index (κ3) is 5.60. The molecule has 7 heteroatoms. The third-order valence-corrected chi connectivity index (χ3v) is 6.65. The molecule has 1 aliphatic rings. The minimum Gasteiger partial charge on any atom is -0.356 e. The first kappa shape index (κ1) is 21.7. The topological polar surface area (TPSA) is 80.0 Å². The molecule has 1 aromatic carbocycles. The second kappa shape index (κ2) is 9.32. The maximum absolute atomic E-state index is 12.5. The van der Waals surface area contributed by atoms with Gasteiger partial charge in [0.1, 0.15) is 0 Å². The molecule has 1 amide bonds. The molecular formula is C24H30N4O2S. The number of carbonyl (C=O) groups excluding carboxylic acids is 1. The van der Waals surface area contributed by atoms with Crippen molar-refractivity contribution in [2.45, 2.75) is 45.4 Å². The lowest BCUT2D eigenvalue weighted by atomic mass is 9.81. The molecule has 164 valence electrons. The van der Waals surface area contributed by atoms with Crippen molar-refractivity contribution in [3.05, 3.63) is 53.2 Å². The molecular weight excluding hydrogens is 408 g/mol. The minimum absolute atomic E-state index is 0.0339. The Morgan fingerprint density at radius 3 is 2.77 bits per heavy atom. The first-order valence-corrected chi connectivity index (χ1v) is 11.7. The summed E-state index contributed by atoms with van der Waals surface area (Å²) in [6, 6.07) is 10.5. The van der Waals surface area contributed by atoms with Crippen molar-refractivity contribution < 1.29 is 9.32 Å². The number of rotatable bonds is 6. The molecule has 0 spiro atoms. The number of piperidine rings is 1. The van der Waals surface area contributed by atoms with E-state index in [4.69, 9.17) is 4.52 Å². The zero-order valence-corrected chi connectivity index (χ0v) is 19.2. The van der Waals surface area contributed by atoms with Crippen molar-refractivity contribution in [1.29, 1.82) is 0 Å². The number of thiazole rings is 1. The van der Waals surface area contributed by atoms with Gasteiger partial charge in [-0.25, -0.2) is 4.98 Å². The molecule has 0 saturated carbocycles. The lowest BCUT2D eigenvalue weighted by Gasteiger charge is -2.31. The second-order valence-corrected chi connectivity index (χ2v) is 10.2. The van der Waals surface area contributed by atoms with E-state index in [1.165, 1.54) is 16.9 Å². The van der Waals surface area contributed by atoms with Crippen molar-refractivity contribution in [1.82, 2.24) is 15.5 Å². The van der Waals surface area contributed by atoms with Crippen LogP contribution in [-0.2, 0) is 16.6 Å². The van der Waals surface area contributed by atoms with Crippen molar-refractivity contribution in [3.63, 3.8) is 0 Å². The van der Waals surface area contributed by atoms with Gasteiger partial charge in [-0.3, -0.25) is 4.79 Å². The molecule has 3 heterocycles. The molecule has 31 heavy (non-hydrogen) atoms. The Bertz CT molecular complexity index is 990. The Labute approximate surface area is 187 Å². The Balaban J connectivity index is 1.39. The van der Waals surface area contributed by atoms with Gasteiger partial charge in [0.05, 0.1) is 5.69 Å². The van der Waals surface area contributed by atoms with Crippen LogP contribution in [-0.4, -0.2) is 29.1 Å². The summed E-state index contributed by atoms with van der Waals surface area (Å²) in [6.07, 6.45) is 3.98. The van der Waals surface area contributed by atoms with Gasteiger partial charge in [-0.1, -0.05) is 50.2 Å². The first-order valence-electron chi connectivity index (χ1n) is 10.8. The second-order valence-electron chi connectivity index (χ2n) is 9.32. The van der Waals surface area contributed by atoms with Gasteiger partial charge in [0, 0.05) is 29.6 Å². The van der Waals surface area contributed by atoms with Crippen LogP contribution < -0.4 is 10.6 Å². The summed E-state index contributed by atoms with van der Waals surface area (Å²) in [4.78, 5) is 16.6. The standard InChI is InChI=1S/C24H30N4O2S/c1-24(2,3)19-6-4-16(5-7-19)21-14-20(28-30-21)12-18-15-25-9-8-17(18)13-22(29)27-23-26-10-11-31-23/h4-7,10-11,14,17-18,25H,8-9,12-13,15H2,1-3H3,(H,26,27,29)/t17-,18+/m0/s1. The van der Waals surface area contributed by atoms with E-state index in [1.54, 1.807) is 6.20 Å². The maximum atomic E-state index is 12.5. The molecule has 2 atom stereocenters. The lowest BCUT2D eigenvalue weighted by molar-refractivity contribution is -0.117. The maximum Gasteiger partial charge on any atom is 0.226 e. The zero-order chi connectivity index (χ0) is 21.8. The average molecular weight is 439 g/mol. The number of hydrogen-bond donors (Lipinski definition) is 2. The summed E-state index contributed by atoms with van der Waals surface area (Å²) in [7, 11) is 0. The molecule has 2 aromatic heterocycles. The summed E-state index contributed by atoms with van der Waals surface area (Å²) in [6.45, 7) is 8.45. The average Bonchev–Trinajstić information content (AvgIpc) is 3.41. The number of nitrogens with zero attached hydrogens (tertiary/aromatic N) is 2. The fourth-order valence-corrected chi connectivity index (χ4v) is 4.67. The van der Waals surface area contributed by atoms with Crippen LogP contribution in [0, 0.1) is 11.8 Å². The van der Waals surface area contributed by atoms with Gasteiger partial charge in [-0.05, 0) is 48.7 Å². The Kier molecular flexibility index (Phi) is 6.53. The highest BCUT2D eigenvalue weighted by molar-refractivity contribution is 7.13. The molecule has 0 bridgehead atoms. The number of aromatic nitrogens is 2. The normalized spacial score (nSPS) is 19.3. The highest BCUT2D eigenvalue weighted by Gasteiger charge is 2.28. The van der Waals surface area contributed by atoms with Crippen molar-refractivity contribution in [2.24, 2.45) is 11.8 Å². The van der Waals surface area contributed by atoms with Gasteiger partial charge in [-0.15, -0.1) is 11.3 Å². The zero-order valence-electron chi connectivity index (χ0n) is 18.4. The number of nitrogens with one attached hydrogen (secondary N) is 2. The van der Waals surface area contributed by atoms with Crippen LogP contribution in [0.5, 0.6) is 0 Å². The van der Waals surface area contributed by atoms with E-state index < -0.39 is 0 Å². The molecule has 0 radical (unpaired) electrons. The Morgan fingerprint density at radius 2 is 2.06 bits per heavy atom. The van der Waals surface area contributed by atoms with Crippen LogP contribution in [0.15, 0.2) is 46.4 Å². The monoisotopic (exact) mass is 438 g/mol. The van der Waals surface area contributed by atoms with Crippen LogP contribution in [0.2, 0.25) is 0 Å². The number of carbonyl (C=O) groups is 1. The number of hydrogen-bond acceptors (Lipinski definition) is 6. The molecule has 3 aromatic rings. The van der Waals surface area contributed by atoms with Crippen molar-refractivity contribution in [3.8, 4) is 11.3 Å². The van der Waals surface area contributed by atoms with Crippen LogP contribution >= 0.6 is 11.3 Å². The SMILES string of the molecule is CC(C)(C)c1ccc(-c2cc(C[C@@H]3CNCC[C@H]3CC(=O)Nc3nccs3)no2)cc1. The van der Waals surface area contributed by atoms with Crippen LogP contribution in [0.4, 0.5) is 5.13 Å². The Hall–Kier alpha value is -2.51. The highest BCUT2D eigenvalue weighted by atomic mass is 32.1. The van der Waals surface area contributed by atoms with Gasteiger partial charge in [0.15, 0.2) is 10.9 Å². The lowest BCUT2D eigenvalue weighted by Crippen LogP contribution is -2.39. The predicted octanol–water partition coefficient (Wildman–Crippen LogP) is 4.89. The fraction of sp³-hybridized carbons (Fsp3) is 0.458. The van der Waals surface area contributed by atoms with Crippen LogP contribution in [0.1, 0.15) is 44.9 Å². The summed E-state index contributed by atoms with van der Waals surface area (Å²) in [5.41, 5.74) is 3.39. The molecule has 1 aliphatic heterocycles. The number of anilines is 1. The predicted molar refractivity (Wildman–Crippen MR) is 124 cm³/mol. The van der Waals surface area contributed by atoms with Gasteiger partial charge in [-0.2, -0.15) is 0 Å². The molecule has 1 fully saturated rings. The first-order chi connectivity index (χ1) is 14.9. The van der Waals surface area contributed by atoms with Gasteiger partial charge in [0.25, 0.3) is 0 Å². The molecule has 6 nitrogen and oxygen atoms in total. The molecule has 1 saturated heterocycles. The summed E-state index contributed by atoms with van der Waals surface area (Å²) >= 11 is 1.44. The largest absolute Gasteiger partial charge is 0.356 e. The van der Waals surface area contributed by atoms with Crippen molar-refractivity contribution in [2.75, 3.05) is 18.4 Å². The minimum atomic E-state index is 0.0339. The van der Waals surface area contributed by atoms with Gasteiger partial charge in [0.2, 0.25) is 5.91 Å². The van der Waals surface area contributed by atoms with Gasteiger partial charge < -0.3 is 15.2 Å². The van der Waals surface area contributed by atoms with Crippen LogP contribution in [0.3, 0.4) is 0 Å². The van der Waals surface area contributed by atoms with E-state index in [2.05, 4.69) is 65.8 Å². The number of amides is 1. The molecule has 0 aliphatic carbocycles. The van der Waals surface area contributed by atoms with Gasteiger partial charge >= 0.3 is 0 Å². The fourth-order valence-electron chi connectivity index (χ4n) is 4.13. The highest BCUT2D eigenvalue weighted by Crippen LogP contribution is 2.30. The summed E-state index contributed by atoms with van der Waals surface area (Å²) in [5, 5.41) is 13.2. The third-order valence-electron chi connectivity index (χ3n) is 5.96. The molecule has 2 N–H and O–H groups in total. The quantitative estimate of drug-likeness (QED) is 0.573. The Morgan fingerprint density at radius 1 is 1.26 bits per heavy atom.